The number of carboxylic acids is 1. The summed E-state index contributed by atoms with van der Waals surface area (Å²) in [6, 6.07) is 15.7. The van der Waals surface area contributed by atoms with Gasteiger partial charge in [-0.3, -0.25) is 24.0 Å². The number of ketones is 1. The van der Waals surface area contributed by atoms with Gasteiger partial charge in [0.05, 0.1) is 24.5 Å². The number of carboxylic acid groups (broad SMARTS) is 1. The van der Waals surface area contributed by atoms with Crippen molar-refractivity contribution in [3.8, 4) is 5.75 Å². The molecule has 0 spiro atoms. The number of methoxy groups -OCH3 is 1. The monoisotopic (exact) mass is 714 g/mol. The van der Waals surface area contributed by atoms with Crippen LogP contribution in [0.2, 0.25) is 0 Å². The highest BCUT2D eigenvalue weighted by Gasteiger charge is 2.41. The molecule has 1 unspecified atom stereocenters. The van der Waals surface area contributed by atoms with Gasteiger partial charge in [0.1, 0.15) is 24.4 Å². The van der Waals surface area contributed by atoms with Crippen LogP contribution in [0.3, 0.4) is 0 Å². The standard InChI is InChI=1S/C35H42N10O7/c1-52-25-12-2-20(3-13-25)18-27(43-31(49)22-6-10-24(11-7-22)42-35(39)40)32(50)45-17-16-44(19-29(46)47)33(51)28(45)15-14-26(36)30(48)21-4-8-23(9-5-21)41-34(37)38/h2-13,26-28H,14-19,36H2,1H3,(H,43,49)(H,46,47)(H4,37,38,41)(H4,39,40,42)/t26?,27-,28-/m0/s1. The number of hydrogen-bond acceptors (Lipinski definition) is 9. The number of nitrogens with two attached hydrogens (primary N) is 5. The summed E-state index contributed by atoms with van der Waals surface area (Å²) in [5, 5.41) is 12.2. The SMILES string of the molecule is COc1ccc(C[C@H](NC(=O)c2ccc(N=C(N)N)cc2)C(=O)N2CCN(CC(=O)O)C(=O)[C@@H]2CCC(N)C(=O)c2ccc(N=C(N)N)cc2)cc1. The van der Waals surface area contributed by atoms with Crippen LogP contribution in [0.4, 0.5) is 11.4 Å². The molecular formula is C35H42N10O7. The minimum Gasteiger partial charge on any atom is -0.497 e. The fraction of sp³-hybridized carbons (Fsp3) is 0.286. The molecule has 52 heavy (non-hydrogen) atoms. The number of benzene rings is 3. The van der Waals surface area contributed by atoms with Crippen molar-refractivity contribution < 1.29 is 33.8 Å². The van der Waals surface area contributed by atoms with Gasteiger partial charge in [0.25, 0.3) is 5.91 Å². The lowest BCUT2D eigenvalue weighted by Crippen LogP contribution is -2.63. The average molecular weight is 715 g/mol. The molecule has 0 bridgehead atoms. The number of aliphatic imine (C=N–C) groups is 2. The maximum atomic E-state index is 14.4. The number of Topliss-reactive ketones (excluding diaryl/α,β-unsaturated/α-hetero) is 1. The molecule has 4 rings (SSSR count). The third-order valence-corrected chi connectivity index (χ3v) is 8.28. The van der Waals surface area contributed by atoms with Crippen LogP contribution in [0, 0.1) is 0 Å². The number of piperazine rings is 1. The molecule has 1 fully saturated rings. The molecule has 0 radical (unpaired) electrons. The van der Waals surface area contributed by atoms with E-state index >= 15 is 0 Å². The number of ether oxygens (including phenoxy) is 1. The van der Waals surface area contributed by atoms with Gasteiger partial charge in [-0.15, -0.1) is 0 Å². The van der Waals surface area contributed by atoms with Crippen LogP contribution < -0.4 is 38.7 Å². The fourth-order valence-electron chi connectivity index (χ4n) is 5.71. The molecule has 3 aromatic carbocycles. The molecule has 1 saturated heterocycles. The number of hydrogen-bond donors (Lipinski definition) is 7. The van der Waals surface area contributed by atoms with Gasteiger partial charge in [-0.25, -0.2) is 9.98 Å². The van der Waals surface area contributed by atoms with Crippen LogP contribution in [0.15, 0.2) is 82.8 Å². The highest BCUT2D eigenvalue weighted by Crippen LogP contribution is 2.22. The summed E-state index contributed by atoms with van der Waals surface area (Å²) in [5.74, 6) is -3.13. The van der Waals surface area contributed by atoms with Gasteiger partial charge in [0.15, 0.2) is 17.7 Å². The van der Waals surface area contributed by atoms with Gasteiger partial charge in [-0.1, -0.05) is 12.1 Å². The number of rotatable bonds is 15. The lowest BCUT2D eigenvalue weighted by Gasteiger charge is -2.41. The zero-order chi connectivity index (χ0) is 37.9. The van der Waals surface area contributed by atoms with E-state index in [-0.39, 0.29) is 55.4 Å². The maximum absolute atomic E-state index is 14.4. The lowest BCUT2D eigenvalue weighted by molar-refractivity contribution is -0.156. The van der Waals surface area contributed by atoms with Crippen molar-refractivity contribution in [3.63, 3.8) is 0 Å². The maximum Gasteiger partial charge on any atom is 0.323 e. The van der Waals surface area contributed by atoms with Crippen molar-refractivity contribution in [2.24, 2.45) is 38.7 Å². The van der Waals surface area contributed by atoms with Crippen LogP contribution in [0.5, 0.6) is 5.75 Å². The van der Waals surface area contributed by atoms with Crippen LogP contribution in [0.1, 0.15) is 39.1 Å². The van der Waals surface area contributed by atoms with Crippen molar-refractivity contribution in [1.82, 2.24) is 15.1 Å². The van der Waals surface area contributed by atoms with Crippen LogP contribution in [0.25, 0.3) is 0 Å². The van der Waals surface area contributed by atoms with Crippen molar-refractivity contribution >= 4 is 52.8 Å². The van der Waals surface area contributed by atoms with E-state index in [1.807, 2.05) is 0 Å². The first-order valence-corrected chi connectivity index (χ1v) is 16.2. The van der Waals surface area contributed by atoms with E-state index in [0.29, 0.717) is 22.7 Å². The molecule has 17 heteroatoms. The predicted octanol–water partition coefficient (Wildman–Crippen LogP) is -0.0395. The number of nitrogens with zero attached hydrogens (tertiary/aromatic N) is 4. The zero-order valence-electron chi connectivity index (χ0n) is 28.5. The molecule has 3 aromatic rings. The predicted molar refractivity (Wildman–Crippen MR) is 193 cm³/mol. The molecule has 0 aliphatic carbocycles. The average Bonchev–Trinajstić information content (AvgIpc) is 3.11. The molecule has 1 aliphatic rings. The first kappa shape index (κ1) is 38.3. The number of guanidine groups is 2. The van der Waals surface area contributed by atoms with Crippen molar-refractivity contribution in [3.05, 3.63) is 89.5 Å². The second-order valence-corrected chi connectivity index (χ2v) is 12.0. The molecule has 17 nitrogen and oxygen atoms in total. The Morgan fingerprint density at radius 1 is 0.865 bits per heavy atom. The van der Waals surface area contributed by atoms with E-state index in [1.54, 1.807) is 36.4 Å². The summed E-state index contributed by atoms with van der Waals surface area (Å²) in [7, 11) is 1.52. The Hall–Kier alpha value is -6.49. The van der Waals surface area contributed by atoms with Gasteiger partial charge < -0.3 is 53.6 Å². The van der Waals surface area contributed by atoms with Gasteiger partial charge in [-0.2, -0.15) is 0 Å². The Morgan fingerprint density at radius 2 is 1.42 bits per heavy atom. The third kappa shape index (κ3) is 10.3. The van der Waals surface area contributed by atoms with Gasteiger partial charge in [0, 0.05) is 30.6 Å². The van der Waals surface area contributed by atoms with Crippen molar-refractivity contribution in [2.45, 2.75) is 37.4 Å². The zero-order valence-corrected chi connectivity index (χ0v) is 28.5. The smallest absolute Gasteiger partial charge is 0.323 e. The summed E-state index contributed by atoms with van der Waals surface area (Å²) < 4.78 is 5.24. The summed E-state index contributed by atoms with van der Waals surface area (Å²) in [4.78, 5) is 76.7. The Labute approximate surface area is 299 Å². The minimum atomic E-state index is -1.22. The molecule has 0 saturated carbocycles. The normalized spacial score (nSPS) is 15.2. The van der Waals surface area contributed by atoms with E-state index in [4.69, 9.17) is 33.4 Å². The second kappa shape index (κ2) is 17.4. The van der Waals surface area contributed by atoms with Gasteiger partial charge in [0.2, 0.25) is 11.8 Å². The minimum absolute atomic E-state index is 0.0206. The number of amides is 3. The largest absolute Gasteiger partial charge is 0.497 e. The van der Waals surface area contributed by atoms with Crippen LogP contribution >= 0.6 is 0 Å². The third-order valence-electron chi connectivity index (χ3n) is 8.28. The first-order chi connectivity index (χ1) is 24.7. The Kier molecular flexibility index (Phi) is 12.8. The molecular weight excluding hydrogens is 672 g/mol. The molecule has 274 valence electrons. The van der Waals surface area contributed by atoms with Crippen molar-refractivity contribution in [1.29, 1.82) is 0 Å². The topological polar surface area (TPSA) is 288 Å². The van der Waals surface area contributed by atoms with E-state index in [9.17, 15) is 29.1 Å². The number of carbonyl (C=O) groups is 5. The Bertz CT molecular complexity index is 1820. The Balaban J connectivity index is 1.59. The van der Waals surface area contributed by atoms with Crippen LogP contribution in [-0.2, 0) is 20.8 Å². The summed E-state index contributed by atoms with van der Waals surface area (Å²) in [6.45, 7) is -0.664. The molecule has 3 atom stereocenters. The highest BCUT2D eigenvalue weighted by atomic mass is 16.5. The lowest BCUT2D eigenvalue weighted by atomic mass is 9.95. The first-order valence-electron chi connectivity index (χ1n) is 16.2. The van der Waals surface area contributed by atoms with Crippen LogP contribution in [-0.4, -0.2) is 101 Å². The summed E-state index contributed by atoms with van der Waals surface area (Å²) in [6.07, 6.45) is -0.0346. The van der Waals surface area contributed by atoms with Gasteiger partial charge >= 0.3 is 5.97 Å². The van der Waals surface area contributed by atoms with Crippen molar-refractivity contribution in [2.75, 3.05) is 26.7 Å². The van der Waals surface area contributed by atoms with E-state index in [0.717, 1.165) is 4.90 Å². The quantitative estimate of drug-likeness (QED) is 0.0620. The molecule has 1 heterocycles. The summed E-state index contributed by atoms with van der Waals surface area (Å²) in [5.41, 5.74) is 30.0. The molecule has 3 amide bonds. The molecule has 12 N–H and O–H groups in total. The van der Waals surface area contributed by atoms with E-state index in [1.165, 1.54) is 48.4 Å². The van der Waals surface area contributed by atoms with E-state index in [2.05, 4.69) is 15.3 Å². The number of nitrogens with one attached hydrogen (secondary N) is 1. The summed E-state index contributed by atoms with van der Waals surface area (Å²) >= 11 is 0. The Morgan fingerprint density at radius 3 is 1.94 bits per heavy atom. The number of aliphatic carboxylic acids is 1. The fourth-order valence-corrected chi connectivity index (χ4v) is 5.71. The van der Waals surface area contributed by atoms with E-state index < -0.39 is 54.1 Å². The number of carbonyl (C=O) groups excluding carboxylic acids is 4. The molecule has 0 aromatic heterocycles. The van der Waals surface area contributed by atoms with Gasteiger partial charge in [-0.05, 0) is 79.1 Å². The highest BCUT2D eigenvalue weighted by molar-refractivity contribution is 6.01. The second-order valence-electron chi connectivity index (χ2n) is 12.0. The molecule has 1 aliphatic heterocycles.